The molecule has 0 unspecified atom stereocenters. The summed E-state index contributed by atoms with van der Waals surface area (Å²) in [5, 5.41) is 8.08. The van der Waals surface area contributed by atoms with Crippen LogP contribution >= 0.6 is 0 Å². The van der Waals surface area contributed by atoms with Gasteiger partial charge in [0.05, 0.1) is 16.6 Å². The molecule has 0 aromatic carbocycles. The molecule has 3 fully saturated rings. The Balaban J connectivity index is 1.43. The van der Waals surface area contributed by atoms with E-state index in [2.05, 4.69) is 22.4 Å². The molecule has 132 valence electrons. The lowest BCUT2D eigenvalue weighted by Crippen LogP contribution is -2.40. The highest BCUT2D eigenvalue weighted by Crippen LogP contribution is 2.49. The highest BCUT2D eigenvalue weighted by molar-refractivity contribution is 6.06. The van der Waals surface area contributed by atoms with Gasteiger partial charge in [-0.1, -0.05) is 11.6 Å². The Morgan fingerprint density at radius 1 is 1.28 bits per heavy atom. The van der Waals surface area contributed by atoms with Gasteiger partial charge < -0.3 is 9.84 Å². The molecule has 1 N–H and O–H groups in total. The summed E-state index contributed by atoms with van der Waals surface area (Å²) in [4.78, 5) is 17.6. The molecular weight excluding hydrogens is 314 g/mol. The molecule has 3 aliphatic rings. The second-order valence-electron chi connectivity index (χ2n) is 8.42. The molecule has 5 heteroatoms. The number of aryl methyl sites for hydroxylation is 1. The Hall–Kier alpha value is -1.91. The number of fused-ring (bicyclic) bond motifs is 3. The number of carbonyl (C=O) groups is 1. The number of hydrogen-bond acceptors (Lipinski definition) is 4. The fraction of sp³-hybridized carbons (Fsp3) is 0.650. The van der Waals surface area contributed by atoms with E-state index in [1.165, 1.54) is 25.7 Å². The predicted molar refractivity (Wildman–Crippen MR) is 94.4 cm³/mol. The van der Waals surface area contributed by atoms with Gasteiger partial charge in [-0.3, -0.25) is 4.79 Å². The first-order valence-corrected chi connectivity index (χ1v) is 9.68. The van der Waals surface area contributed by atoms with Crippen molar-refractivity contribution in [1.82, 2.24) is 15.5 Å². The maximum atomic E-state index is 13.1. The van der Waals surface area contributed by atoms with Gasteiger partial charge in [0, 0.05) is 17.7 Å². The van der Waals surface area contributed by atoms with Crippen LogP contribution in [0.1, 0.15) is 73.1 Å². The molecule has 3 aliphatic carbocycles. The van der Waals surface area contributed by atoms with Gasteiger partial charge in [-0.05, 0) is 69.8 Å². The van der Waals surface area contributed by atoms with Gasteiger partial charge in [-0.25, -0.2) is 4.98 Å². The van der Waals surface area contributed by atoms with Gasteiger partial charge >= 0.3 is 0 Å². The van der Waals surface area contributed by atoms with E-state index in [0.717, 1.165) is 41.5 Å². The molecule has 0 radical (unpaired) electrons. The first kappa shape index (κ1) is 15.4. The van der Waals surface area contributed by atoms with Crippen molar-refractivity contribution in [2.45, 2.75) is 64.3 Å². The SMILES string of the molecule is Cc1noc2nc(C3CC3)cc(C(=O)N[C@@H](C)[C@H]3C[C@@H]4CC[C@@H]3C4)c12. The van der Waals surface area contributed by atoms with Gasteiger partial charge in [-0.15, -0.1) is 0 Å². The summed E-state index contributed by atoms with van der Waals surface area (Å²) in [7, 11) is 0. The number of aromatic nitrogens is 2. The van der Waals surface area contributed by atoms with Crippen molar-refractivity contribution in [3.63, 3.8) is 0 Å². The van der Waals surface area contributed by atoms with Crippen LogP contribution in [-0.2, 0) is 0 Å². The second-order valence-corrected chi connectivity index (χ2v) is 8.42. The average Bonchev–Trinajstić information content (AvgIpc) is 3.06. The third-order valence-corrected chi connectivity index (χ3v) is 6.67. The molecule has 25 heavy (non-hydrogen) atoms. The number of rotatable bonds is 4. The number of pyridine rings is 1. The van der Waals surface area contributed by atoms with Crippen LogP contribution in [0.15, 0.2) is 10.6 Å². The number of nitrogens with one attached hydrogen (secondary N) is 1. The molecule has 0 saturated heterocycles. The number of amides is 1. The van der Waals surface area contributed by atoms with Crippen molar-refractivity contribution in [3.05, 3.63) is 23.0 Å². The minimum atomic E-state index is -0.00382. The quantitative estimate of drug-likeness (QED) is 0.915. The zero-order chi connectivity index (χ0) is 17.1. The van der Waals surface area contributed by atoms with Gasteiger partial charge in [0.25, 0.3) is 11.6 Å². The summed E-state index contributed by atoms with van der Waals surface area (Å²) in [5.41, 5.74) is 2.89. The van der Waals surface area contributed by atoms with E-state index in [4.69, 9.17) is 4.52 Å². The molecular formula is C20H25N3O2. The molecule has 3 saturated carbocycles. The van der Waals surface area contributed by atoms with Crippen LogP contribution in [0, 0.1) is 24.7 Å². The van der Waals surface area contributed by atoms with E-state index in [1.807, 2.05) is 13.0 Å². The highest BCUT2D eigenvalue weighted by atomic mass is 16.5. The van der Waals surface area contributed by atoms with Crippen LogP contribution < -0.4 is 5.32 Å². The van der Waals surface area contributed by atoms with Gasteiger partial charge in [0.2, 0.25) is 0 Å². The van der Waals surface area contributed by atoms with Gasteiger partial charge in [0.1, 0.15) is 0 Å². The third-order valence-electron chi connectivity index (χ3n) is 6.67. The van der Waals surface area contributed by atoms with Crippen LogP contribution in [0.25, 0.3) is 11.1 Å². The summed E-state index contributed by atoms with van der Waals surface area (Å²) in [5.74, 6) is 2.80. The summed E-state index contributed by atoms with van der Waals surface area (Å²) in [6.45, 7) is 4.05. The standard InChI is InChI=1S/C20H25N3O2/c1-10(15-8-12-3-4-14(15)7-12)21-19(24)16-9-17(13-5-6-13)22-20-18(16)11(2)23-25-20/h9-10,12-15H,3-8H2,1-2H3,(H,21,24)/t10-,12+,14+,15+/m0/s1. The topological polar surface area (TPSA) is 68.0 Å². The molecule has 2 heterocycles. The van der Waals surface area contributed by atoms with Crippen LogP contribution in [0.4, 0.5) is 0 Å². The lowest BCUT2D eigenvalue weighted by Gasteiger charge is -2.28. The Morgan fingerprint density at radius 2 is 2.12 bits per heavy atom. The summed E-state index contributed by atoms with van der Waals surface area (Å²) >= 11 is 0. The van der Waals surface area contributed by atoms with E-state index >= 15 is 0 Å². The lowest BCUT2D eigenvalue weighted by atomic mass is 9.84. The van der Waals surface area contributed by atoms with Crippen molar-refractivity contribution in [2.75, 3.05) is 0 Å². The van der Waals surface area contributed by atoms with Crippen LogP contribution in [0.5, 0.6) is 0 Å². The van der Waals surface area contributed by atoms with Crippen molar-refractivity contribution in [2.24, 2.45) is 17.8 Å². The lowest BCUT2D eigenvalue weighted by molar-refractivity contribution is 0.0916. The van der Waals surface area contributed by atoms with E-state index in [1.54, 1.807) is 0 Å². The summed E-state index contributed by atoms with van der Waals surface area (Å²) in [6.07, 6.45) is 7.66. The predicted octanol–water partition coefficient (Wildman–Crippen LogP) is 3.96. The molecule has 0 aliphatic heterocycles. The fourth-order valence-corrected chi connectivity index (χ4v) is 5.18. The monoisotopic (exact) mass is 339 g/mol. The first-order chi connectivity index (χ1) is 12.1. The zero-order valence-corrected chi connectivity index (χ0v) is 14.9. The van der Waals surface area contributed by atoms with Crippen molar-refractivity contribution in [3.8, 4) is 0 Å². The average molecular weight is 339 g/mol. The van der Waals surface area contributed by atoms with E-state index in [-0.39, 0.29) is 11.9 Å². The van der Waals surface area contributed by atoms with E-state index in [9.17, 15) is 4.79 Å². The van der Waals surface area contributed by atoms with Crippen molar-refractivity contribution in [1.29, 1.82) is 0 Å². The fourth-order valence-electron chi connectivity index (χ4n) is 5.18. The third kappa shape index (κ3) is 2.55. The minimum absolute atomic E-state index is 0.00382. The largest absolute Gasteiger partial charge is 0.349 e. The van der Waals surface area contributed by atoms with Crippen LogP contribution in [0.2, 0.25) is 0 Å². The Morgan fingerprint density at radius 3 is 2.80 bits per heavy atom. The summed E-state index contributed by atoms with van der Waals surface area (Å²) < 4.78 is 5.36. The second kappa shape index (κ2) is 5.55. The molecule has 0 spiro atoms. The van der Waals surface area contributed by atoms with Crippen LogP contribution in [0.3, 0.4) is 0 Å². The molecule has 5 nitrogen and oxygen atoms in total. The molecule has 2 aromatic rings. The number of nitrogens with zero attached hydrogens (tertiary/aromatic N) is 2. The highest BCUT2D eigenvalue weighted by Gasteiger charge is 2.42. The maximum Gasteiger partial charge on any atom is 0.259 e. The number of hydrogen-bond donors (Lipinski definition) is 1. The molecule has 5 rings (SSSR count). The Kier molecular flexibility index (Phi) is 3.41. The first-order valence-electron chi connectivity index (χ1n) is 9.68. The minimum Gasteiger partial charge on any atom is -0.349 e. The Labute approximate surface area is 147 Å². The maximum absolute atomic E-state index is 13.1. The van der Waals surface area contributed by atoms with Gasteiger partial charge in [0.15, 0.2) is 0 Å². The van der Waals surface area contributed by atoms with E-state index in [0.29, 0.717) is 23.1 Å². The van der Waals surface area contributed by atoms with Crippen LogP contribution in [-0.4, -0.2) is 22.1 Å². The van der Waals surface area contributed by atoms with Gasteiger partial charge in [-0.2, -0.15) is 0 Å². The zero-order valence-electron chi connectivity index (χ0n) is 14.9. The molecule has 4 atom stereocenters. The van der Waals surface area contributed by atoms with Crippen molar-refractivity contribution >= 4 is 17.0 Å². The smallest absolute Gasteiger partial charge is 0.259 e. The molecule has 1 amide bonds. The molecule has 2 bridgehead atoms. The molecule has 2 aromatic heterocycles. The van der Waals surface area contributed by atoms with E-state index < -0.39 is 0 Å². The van der Waals surface area contributed by atoms with Crippen molar-refractivity contribution < 1.29 is 9.32 Å². The Bertz CT molecular complexity index is 839. The summed E-state index contributed by atoms with van der Waals surface area (Å²) in [6, 6.07) is 2.18. The number of carbonyl (C=O) groups excluding carboxylic acids is 1. The normalized spacial score (nSPS) is 29.3.